The number of halogens is 1. The second-order valence-corrected chi connectivity index (χ2v) is 9.36. The lowest BCUT2D eigenvalue weighted by Crippen LogP contribution is -2.55. The molecular formula is C23H18ClN5O4S. The molecule has 2 aromatic rings. The zero-order valence-corrected chi connectivity index (χ0v) is 19.5. The number of nitriles is 1. The van der Waals surface area contributed by atoms with E-state index in [0.29, 0.717) is 46.4 Å². The number of ether oxygens (including phenoxy) is 2. The minimum absolute atomic E-state index is 0.123. The van der Waals surface area contributed by atoms with E-state index in [-0.39, 0.29) is 35.8 Å². The van der Waals surface area contributed by atoms with Gasteiger partial charge in [0.15, 0.2) is 16.6 Å². The van der Waals surface area contributed by atoms with Gasteiger partial charge in [0.2, 0.25) is 6.79 Å². The van der Waals surface area contributed by atoms with Crippen LogP contribution < -0.4 is 19.7 Å². The minimum atomic E-state index is -0.628. The summed E-state index contributed by atoms with van der Waals surface area (Å²) in [6, 6.07) is 9.29. The fourth-order valence-electron chi connectivity index (χ4n) is 5.29. The molecule has 34 heavy (non-hydrogen) atoms. The third-order valence-corrected chi connectivity index (χ3v) is 7.69. The number of carbonyl (C=O) groups excluding carboxylic acids is 2. The molecule has 3 amide bonds. The van der Waals surface area contributed by atoms with Gasteiger partial charge in [0.05, 0.1) is 28.4 Å². The summed E-state index contributed by atoms with van der Waals surface area (Å²) in [5, 5.41) is 13.2. The van der Waals surface area contributed by atoms with Gasteiger partial charge in [0.25, 0.3) is 5.91 Å². The summed E-state index contributed by atoms with van der Waals surface area (Å²) in [5.41, 5.74) is 1.98. The predicted octanol–water partition coefficient (Wildman–Crippen LogP) is 3.24. The quantitative estimate of drug-likeness (QED) is 0.501. The number of urea groups is 1. The Balaban J connectivity index is 1.25. The van der Waals surface area contributed by atoms with Crippen LogP contribution in [0.4, 0.5) is 16.2 Å². The Hall–Kier alpha value is -3.55. The van der Waals surface area contributed by atoms with Crippen molar-refractivity contribution in [3.63, 3.8) is 0 Å². The van der Waals surface area contributed by atoms with Crippen LogP contribution in [0.1, 0.15) is 17.5 Å². The van der Waals surface area contributed by atoms with E-state index < -0.39 is 6.04 Å². The van der Waals surface area contributed by atoms with Crippen molar-refractivity contribution < 1.29 is 19.1 Å². The van der Waals surface area contributed by atoms with Gasteiger partial charge in [-0.15, -0.1) is 0 Å². The summed E-state index contributed by atoms with van der Waals surface area (Å²) in [6.07, 6.45) is 0.673. The number of hydrogen-bond acceptors (Lipinski definition) is 6. The molecule has 9 nitrogen and oxygen atoms in total. The maximum Gasteiger partial charge on any atom is 0.332 e. The maximum absolute atomic E-state index is 13.5. The Morgan fingerprint density at radius 3 is 2.82 bits per heavy atom. The number of likely N-dealkylation sites (tertiary alicyclic amines) is 1. The molecule has 1 N–H and O–H groups in total. The van der Waals surface area contributed by atoms with Crippen LogP contribution in [-0.2, 0) is 4.79 Å². The van der Waals surface area contributed by atoms with Crippen LogP contribution in [0.2, 0.25) is 5.02 Å². The number of amides is 3. The summed E-state index contributed by atoms with van der Waals surface area (Å²) >= 11 is 12.0. The standard InChI is InChI=1S/C23H18ClN5O4S/c1-11-15(4-2-12(8-25)19(11)24)29-21(30)20-16-7-14(28(20)23(29)31)9-27(16)22(34)26-13-3-5-17-18(6-13)33-10-32-17/h2-6,14,16,20H,7,9-10H2,1H3,(H,26,34)/t14-,16-,20-/m0/s1. The van der Waals surface area contributed by atoms with Gasteiger partial charge in [-0.25, -0.2) is 9.69 Å². The first-order valence-corrected chi connectivity index (χ1v) is 11.5. The number of rotatable bonds is 2. The van der Waals surface area contributed by atoms with E-state index in [1.165, 1.54) is 11.0 Å². The topological polar surface area (TPSA) is 98.1 Å². The third kappa shape index (κ3) is 2.87. The highest BCUT2D eigenvalue weighted by Gasteiger charge is 2.62. The van der Waals surface area contributed by atoms with Crippen molar-refractivity contribution in [3.05, 3.63) is 46.5 Å². The molecule has 2 bridgehead atoms. The number of anilines is 2. The number of benzene rings is 2. The van der Waals surface area contributed by atoms with Crippen LogP contribution in [-0.4, -0.2) is 58.3 Å². The molecule has 6 rings (SSSR count). The van der Waals surface area contributed by atoms with Gasteiger partial charge in [0.1, 0.15) is 12.1 Å². The second-order valence-electron chi connectivity index (χ2n) is 8.60. The number of fused-ring (bicyclic) bond motifs is 6. The molecule has 3 atom stereocenters. The number of piperazine rings is 1. The molecule has 4 aliphatic rings. The van der Waals surface area contributed by atoms with Crippen LogP contribution in [0, 0.1) is 18.3 Å². The monoisotopic (exact) mass is 495 g/mol. The summed E-state index contributed by atoms with van der Waals surface area (Å²) in [6.45, 7) is 2.43. The molecule has 0 aromatic heterocycles. The highest BCUT2D eigenvalue weighted by atomic mass is 35.5. The SMILES string of the molecule is Cc1c(N2C(=O)[C@@H]3[C@@H]4C[C@@H](CN4C(=S)Nc4ccc5c(c4)OCO5)N3C2=O)ccc(C#N)c1Cl. The summed E-state index contributed by atoms with van der Waals surface area (Å²) < 4.78 is 10.8. The lowest BCUT2D eigenvalue weighted by Gasteiger charge is -2.36. The van der Waals surface area contributed by atoms with Crippen LogP contribution in [0.25, 0.3) is 0 Å². The number of carbonyl (C=O) groups is 2. The number of imide groups is 1. The lowest BCUT2D eigenvalue weighted by molar-refractivity contribution is -0.120. The minimum Gasteiger partial charge on any atom is -0.454 e. The zero-order chi connectivity index (χ0) is 23.7. The highest BCUT2D eigenvalue weighted by Crippen LogP contribution is 2.44. The molecule has 4 heterocycles. The molecule has 0 unspecified atom stereocenters. The Kier molecular flexibility index (Phi) is 4.62. The number of thiocarbonyl (C=S) groups is 1. The first kappa shape index (κ1) is 21.0. The largest absolute Gasteiger partial charge is 0.454 e. The van der Waals surface area contributed by atoms with Crippen LogP contribution in [0.5, 0.6) is 11.5 Å². The van der Waals surface area contributed by atoms with Crippen molar-refractivity contribution in [1.82, 2.24) is 9.80 Å². The van der Waals surface area contributed by atoms with E-state index >= 15 is 0 Å². The third-order valence-electron chi connectivity index (χ3n) is 6.87. The smallest absolute Gasteiger partial charge is 0.332 e. The van der Waals surface area contributed by atoms with Gasteiger partial charge in [-0.1, -0.05) is 11.6 Å². The Morgan fingerprint density at radius 1 is 1.24 bits per heavy atom. The van der Waals surface area contributed by atoms with Crippen LogP contribution in [0.3, 0.4) is 0 Å². The van der Waals surface area contributed by atoms with E-state index in [1.807, 2.05) is 29.2 Å². The van der Waals surface area contributed by atoms with Crippen molar-refractivity contribution >= 4 is 52.2 Å². The summed E-state index contributed by atoms with van der Waals surface area (Å²) in [4.78, 5) is 31.6. The predicted molar refractivity (Wildman–Crippen MR) is 127 cm³/mol. The van der Waals surface area contributed by atoms with Crippen molar-refractivity contribution in [2.75, 3.05) is 23.6 Å². The van der Waals surface area contributed by atoms with E-state index in [9.17, 15) is 14.9 Å². The fourth-order valence-corrected chi connectivity index (χ4v) is 5.82. The summed E-state index contributed by atoms with van der Waals surface area (Å²) in [5.74, 6) is 1.02. The van der Waals surface area contributed by atoms with Gasteiger partial charge in [-0.2, -0.15) is 5.26 Å². The number of nitrogens with one attached hydrogen (secondary N) is 1. The first-order chi connectivity index (χ1) is 16.4. The molecule has 0 spiro atoms. The van der Waals surface area contributed by atoms with Crippen molar-refractivity contribution in [1.29, 1.82) is 5.26 Å². The Labute approximate surface area is 205 Å². The zero-order valence-electron chi connectivity index (χ0n) is 17.9. The van der Waals surface area contributed by atoms with Crippen molar-refractivity contribution in [3.8, 4) is 17.6 Å². The molecular weight excluding hydrogens is 478 g/mol. The molecule has 0 radical (unpaired) electrons. The summed E-state index contributed by atoms with van der Waals surface area (Å²) in [7, 11) is 0. The molecule has 0 aliphatic carbocycles. The van der Waals surface area contributed by atoms with Crippen LogP contribution in [0.15, 0.2) is 30.3 Å². The number of nitrogens with zero attached hydrogens (tertiary/aromatic N) is 4. The van der Waals surface area contributed by atoms with Gasteiger partial charge >= 0.3 is 6.03 Å². The van der Waals surface area contributed by atoms with E-state index in [0.717, 1.165) is 5.69 Å². The highest BCUT2D eigenvalue weighted by molar-refractivity contribution is 7.80. The Morgan fingerprint density at radius 2 is 2.03 bits per heavy atom. The Bertz CT molecular complexity index is 1330. The average molecular weight is 496 g/mol. The van der Waals surface area contributed by atoms with Crippen LogP contribution >= 0.6 is 23.8 Å². The van der Waals surface area contributed by atoms with Gasteiger partial charge in [0, 0.05) is 18.3 Å². The fraction of sp³-hybridized carbons (Fsp3) is 0.304. The normalized spacial score (nSPS) is 24.0. The molecule has 172 valence electrons. The lowest BCUT2D eigenvalue weighted by atomic mass is 10.1. The molecule has 3 fully saturated rings. The van der Waals surface area contributed by atoms with Crippen molar-refractivity contribution in [2.24, 2.45) is 0 Å². The van der Waals surface area contributed by atoms with E-state index in [1.54, 1.807) is 17.9 Å². The number of hydrogen-bond donors (Lipinski definition) is 1. The molecule has 0 saturated carbocycles. The molecule has 2 aromatic carbocycles. The second kappa shape index (κ2) is 7.48. The maximum atomic E-state index is 13.5. The van der Waals surface area contributed by atoms with Gasteiger partial charge < -0.3 is 24.6 Å². The van der Waals surface area contributed by atoms with Gasteiger partial charge in [-0.3, -0.25) is 4.79 Å². The average Bonchev–Trinajstić information content (AvgIpc) is 3.59. The van der Waals surface area contributed by atoms with E-state index in [4.69, 9.17) is 33.3 Å². The molecule has 11 heteroatoms. The van der Waals surface area contributed by atoms with Crippen molar-refractivity contribution in [2.45, 2.75) is 31.5 Å². The van der Waals surface area contributed by atoms with Gasteiger partial charge in [-0.05, 0) is 55.4 Å². The first-order valence-electron chi connectivity index (χ1n) is 10.7. The molecule has 4 aliphatic heterocycles. The van der Waals surface area contributed by atoms with E-state index in [2.05, 4.69) is 5.32 Å². The molecule has 3 saturated heterocycles.